The van der Waals surface area contributed by atoms with Crippen LogP contribution in [0.4, 0.5) is 14.5 Å². The molecule has 0 aliphatic carbocycles. The minimum absolute atomic E-state index is 0.590. The average molecular weight is 244 g/mol. The Kier molecular flexibility index (Phi) is 4.01. The molecule has 0 amide bonds. The molecule has 1 heterocycles. The maximum absolute atomic E-state index is 12.1. The first kappa shape index (κ1) is 11.7. The minimum atomic E-state index is -2.34. The average Bonchev–Trinajstić information content (AvgIpc) is 2.30. The van der Waals surface area contributed by atoms with Crippen molar-refractivity contribution in [3.05, 3.63) is 24.3 Å². The van der Waals surface area contributed by atoms with Crippen molar-refractivity contribution < 1.29 is 8.78 Å². The quantitative estimate of drug-likeness (QED) is 0.822. The highest BCUT2D eigenvalue weighted by atomic mass is 32.2. The summed E-state index contributed by atoms with van der Waals surface area (Å²) in [5, 5.41) is 3.28. The smallest absolute Gasteiger partial charge is 0.288 e. The highest BCUT2D eigenvalue weighted by Crippen LogP contribution is 2.27. The summed E-state index contributed by atoms with van der Waals surface area (Å²) in [7, 11) is 0. The van der Waals surface area contributed by atoms with Crippen LogP contribution in [0.2, 0.25) is 0 Å². The molecule has 1 fully saturated rings. The standard InChI is InChI=1S/C11H14F2N2S/c12-11(13)16-10-3-1-9(2-4-10)15-7-5-14-6-8-15/h1-4,11,14H,5-8H2. The van der Waals surface area contributed by atoms with Gasteiger partial charge < -0.3 is 10.2 Å². The zero-order valence-corrected chi connectivity index (χ0v) is 9.64. The second kappa shape index (κ2) is 5.50. The number of anilines is 1. The van der Waals surface area contributed by atoms with Crippen LogP contribution < -0.4 is 10.2 Å². The van der Waals surface area contributed by atoms with Crippen molar-refractivity contribution in [3.63, 3.8) is 0 Å². The molecule has 0 aromatic heterocycles. The van der Waals surface area contributed by atoms with Crippen LogP contribution in [0.3, 0.4) is 0 Å². The van der Waals surface area contributed by atoms with E-state index in [9.17, 15) is 8.78 Å². The molecule has 0 atom stereocenters. The van der Waals surface area contributed by atoms with E-state index in [2.05, 4.69) is 10.2 Å². The molecule has 16 heavy (non-hydrogen) atoms. The van der Waals surface area contributed by atoms with E-state index in [0.29, 0.717) is 16.7 Å². The molecular weight excluding hydrogens is 230 g/mol. The van der Waals surface area contributed by atoms with E-state index in [0.717, 1.165) is 31.9 Å². The summed E-state index contributed by atoms with van der Waals surface area (Å²) in [4.78, 5) is 2.88. The molecule has 5 heteroatoms. The molecule has 0 unspecified atom stereocenters. The van der Waals surface area contributed by atoms with Gasteiger partial charge in [0.25, 0.3) is 5.76 Å². The lowest BCUT2D eigenvalue weighted by atomic mass is 10.2. The number of piperazine rings is 1. The molecule has 88 valence electrons. The first-order valence-corrected chi connectivity index (χ1v) is 6.14. The van der Waals surface area contributed by atoms with Gasteiger partial charge in [0.15, 0.2) is 0 Å². The Morgan fingerprint density at radius 2 is 1.75 bits per heavy atom. The number of hydrogen-bond acceptors (Lipinski definition) is 3. The molecular formula is C11H14F2N2S. The van der Waals surface area contributed by atoms with Crippen molar-refractivity contribution in [2.45, 2.75) is 10.7 Å². The zero-order valence-electron chi connectivity index (χ0n) is 8.83. The van der Waals surface area contributed by atoms with Gasteiger partial charge >= 0.3 is 0 Å². The fourth-order valence-corrected chi connectivity index (χ4v) is 2.26. The zero-order chi connectivity index (χ0) is 11.4. The lowest BCUT2D eigenvalue weighted by Gasteiger charge is -2.29. The van der Waals surface area contributed by atoms with Gasteiger partial charge in [-0.1, -0.05) is 11.8 Å². The van der Waals surface area contributed by atoms with Gasteiger partial charge in [0, 0.05) is 36.8 Å². The number of benzene rings is 1. The summed E-state index contributed by atoms with van der Waals surface area (Å²) < 4.78 is 24.2. The van der Waals surface area contributed by atoms with Gasteiger partial charge in [-0.15, -0.1) is 0 Å². The highest BCUT2D eigenvalue weighted by molar-refractivity contribution is 7.99. The maximum Gasteiger partial charge on any atom is 0.288 e. The Balaban J connectivity index is 2.00. The van der Waals surface area contributed by atoms with Crippen molar-refractivity contribution in [1.29, 1.82) is 0 Å². The monoisotopic (exact) mass is 244 g/mol. The van der Waals surface area contributed by atoms with E-state index in [1.807, 2.05) is 12.1 Å². The van der Waals surface area contributed by atoms with Crippen molar-refractivity contribution in [3.8, 4) is 0 Å². The molecule has 2 rings (SSSR count). The molecule has 1 aromatic rings. The predicted octanol–water partition coefficient (Wildman–Crippen LogP) is 2.41. The van der Waals surface area contributed by atoms with Gasteiger partial charge in [-0.2, -0.15) is 8.78 Å². The van der Waals surface area contributed by atoms with Crippen molar-refractivity contribution in [2.75, 3.05) is 31.1 Å². The Morgan fingerprint density at radius 3 is 2.31 bits per heavy atom. The summed E-state index contributed by atoms with van der Waals surface area (Å²) in [6, 6.07) is 7.34. The van der Waals surface area contributed by atoms with E-state index < -0.39 is 5.76 Å². The number of nitrogens with one attached hydrogen (secondary N) is 1. The fourth-order valence-electron chi connectivity index (χ4n) is 1.76. The predicted molar refractivity (Wildman–Crippen MR) is 63.4 cm³/mol. The first-order valence-electron chi connectivity index (χ1n) is 5.26. The van der Waals surface area contributed by atoms with Crippen molar-refractivity contribution >= 4 is 17.4 Å². The number of nitrogens with zero attached hydrogens (tertiary/aromatic N) is 1. The third-order valence-electron chi connectivity index (χ3n) is 2.54. The summed E-state index contributed by atoms with van der Waals surface area (Å²) in [5.41, 5.74) is 1.11. The molecule has 1 aliphatic heterocycles. The summed E-state index contributed by atoms with van der Waals surface area (Å²) in [6.07, 6.45) is 0. The third-order valence-corrected chi connectivity index (χ3v) is 3.27. The number of thioether (sulfide) groups is 1. The molecule has 0 saturated carbocycles. The molecule has 0 radical (unpaired) electrons. The topological polar surface area (TPSA) is 15.3 Å². The van der Waals surface area contributed by atoms with E-state index in [1.165, 1.54) is 0 Å². The molecule has 1 aromatic carbocycles. The van der Waals surface area contributed by atoms with Crippen LogP contribution in [0.15, 0.2) is 29.2 Å². The van der Waals surface area contributed by atoms with Crippen LogP contribution in [0.5, 0.6) is 0 Å². The van der Waals surface area contributed by atoms with Crippen LogP contribution in [-0.4, -0.2) is 31.9 Å². The molecule has 0 spiro atoms. The Labute approximate surface area is 98.0 Å². The lowest BCUT2D eigenvalue weighted by Crippen LogP contribution is -2.43. The van der Waals surface area contributed by atoms with Gasteiger partial charge in [-0.25, -0.2) is 0 Å². The SMILES string of the molecule is FC(F)Sc1ccc(N2CCNCC2)cc1. The molecule has 1 aliphatic rings. The van der Waals surface area contributed by atoms with E-state index in [4.69, 9.17) is 0 Å². The summed E-state index contributed by atoms with van der Waals surface area (Å²) in [6.45, 7) is 3.91. The maximum atomic E-state index is 12.1. The van der Waals surface area contributed by atoms with Crippen LogP contribution in [0, 0.1) is 0 Å². The van der Waals surface area contributed by atoms with Crippen LogP contribution in [0.1, 0.15) is 0 Å². The van der Waals surface area contributed by atoms with Crippen LogP contribution >= 0.6 is 11.8 Å². The second-order valence-electron chi connectivity index (χ2n) is 3.61. The van der Waals surface area contributed by atoms with Gasteiger partial charge in [-0.3, -0.25) is 0 Å². The number of halogens is 2. The Morgan fingerprint density at radius 1 is 1.12 bits per heavy atom. The van der Waals surface area contributed by atoms with Gasteiger partial charge in [0.1, 0.15) is 0 Å². The Hall–Kier alpha value is -0.810. The van der Waals surface area contributed by atoms with Gasteiger partial charge in [0.05, 0.1) is 0 Å². The molecule has 1 saturated heterocycles. The summed E-state index contributed by atoms with van der Waals surface area (Å²) >= 11 is 0.590. The van der Waals surface area contributed by atoms with Crippen molar-refractivity contribution in [2.24, 2.45) is 0 Å². The molecule has 2 nitrogen and oxygen atoms in total. The first-order chi connectivity index (χ1) is 7.75. The summed E-state index contributed by atoms with van der Waals surface area (Å²) in [5.74, 6) is -2.34. The minimum Gasteiger partial charge on any atom is -0.369 e. The fraction of sp³-hybridized carbons (Fsp3) is 0.455. The number of alkyl halides is 2. The highest BCUT2D eigenvalue weighted by Gasteiger charge is 2.10. The third kappa shape index (κ3) is 3.09. The normalized spacial score (nSPS) is 16.8. The van der Waals surface area contributed by atoms with E-state index >= 15 is 0 Å². The van der Waals surface area contributed by atoms with Crippen LogP contribution in [0.25, 0.3) is 0 Å². The molecule has 1 N–H and O–H groups in total. The molecule has 0 bridgehead atoms. The second-order valence-corrected chi connectivity index (χ2v) is 4.67. The van der Waals surface area contributed by atoms with Crippen LogP contribution in [-0.2, 0) is 0 Å². The Bertz CT molecular complexity index is 323. The van der Waals surface area contributed by atoms with Gasteiger partial charge in [0.2, 0.25) is 0 Å². The lowest BCUT2D eigenvalue weighted by molar-refractivity contribution is 0.252. The number of hydrogen-bond donors (Lipinski definition) is 1. The van der Waals surface area contributed by atoms with E-state index in [1.54, 1.807) is 12.1 Å². The van der Waals surface area contributed by atoms with Crippen molar-refractivity contribution in [1.82, 2.24) is 5.32 Å². The van der Waals surface area contributed by atoms with Gasteiger partial charge in [-0.05, 0) is 24.3 Å². The van der Waals surface area contributed by atoms with E-state index in [-0.39, 0.29) is 0 Å². The largest absolute Gasteiger partial charge is 0.369 e. The number of rotatable bonds is 3.